The lowest BCUT2D eigenvalue weighted by molar-refractivity contribution is -0.275. The molecule has 0 unspecified atom stereocenters. The highest BCUT2D eigenvalue weighted by Gasteiger charge is 2.36. The van der Waals surface area contributed by atoms with Gasteiger partial charge in [-0.2, -0.15) is 8.42 Å². The maximum atomic E-state index is 12.6. The lowest BCUT2D eigenvalue weighted by atomic mass is 10.1. The fraction of sp³-hybridized carbons (Fsp3) is 0.562. The fourth-order valence-corrected chi connectivity index (χ4v) is 3.03. The van der Waals surface area contributed by atoms with Gasteiger partial charge in [-0.05, 0) is 50.8 Å². The van der Waals surface area contributed by atoms with Crippen molar-refractivity contribution in [3.8, 4) is 11.5 Å². The summed E-state index contributed by atoms with van der Waals surface area (Å²) in [5, 5.41) is 0. The minimum absolute atomic E-state index is 0.142. The molecule has 0 heterocycles. The van der Waals surface area contributed by atoms with Gasteiger partial charge in [-0.3, -0.25) is 4.55 Å². The molecule has 27 heavy (non-hydrogen) atoms. The van der Waals surface area contributed by atoms with Gasteiger partial charge in [-0.15, -0.1) is 13.2 Å². The van der Waals surface area contributed by atoms with Crippen LogP contribution in [0.2, 0.25) is 0 Å². The Labute approximate surface area is 154 Å². The summed E-state index contributed by atoms with van der Waals surface area (Å²) < 4.78 is 82.1. The van der Waals surface area contributed by atoms with E-state index < -0.39 is 46.2 Å². The molecule has 0 atom stereocenters. The number of halogens is 3. The van der Waals surface area contributed by atoms with Crippen molar-refractivity contribution in [1.29, 1.82) is 0 Å². The van der Waals surface area contributed by atoms with E-state index in [1.807, 2.05) is 0 Å². The van der Waals surface area contributed by atoms with Gasteiger partial charge in [0.15, 0.2) is 11.5 Å². The molecule has 0 amide bonds. The third kappa shape index (κ3) is 6.90. The molecule has 0 aromatic heterocycles. The van der Waals surface area contributed by atoms with E-state index >= 15 is 0 Å². The van der Waals surface area contributed by atoms with Crippen LogP contribution in [0.3, 0.4) is 0 Å². The van der Waals surface area contributed by atoms with Gasteiger partial charge in [0.05, 0.1) is 5.56 Å². The number of hydrogen-bond acceptors (Lipinski definition) is 6. The van der Waals surface area contributed by atoms with Crippen molar-refractivity contribution in [3.63, 3.8) is 0 Å². The van der Waals surface area contributed by atoms with Gasteiger partial charge in [-0.25, -0.2) is 4.79 Å². The molecular weight excluding hydrogens is 393 g/mol. The Bertz CT molecular complexity index is 784. The van der Waals surface area contributed by atoms with E-state index in [0.29, 0.717) is 12.8 Å². The first kappa shape index (κ1) is 21.3. The quantitative estimate of drug-likeness (QED) is 0.542. The Kier molecular flexibility index (Phi) is 6.25. The zero-order chi connectivity index (χ0) is 20.3. The van der Waals surface area contributed by atoms with E-state index in [4.69, 9.17) is 14.0 Å². The average Bonchev–Trinajstić information content (AvgIpc) is 2.92. The molecule has 1 saturated carbocycles. The second-order valence-corrected chi connectivity index (χ2v) is 7.96. The number of carbonyl (C=O) groups is 1. The lowest BCUT2D eigenvalue weighted by Gasteiger charge is -2.27. The fourth-order valence-electron chi connectivity index (χ4n) is 2.74. The molecular formula is C16H19F3O7S. The molecule has 0 saturated heterocycles. The van der Waals surface area contributed by atoms with Crippen LogP contribution in [-0.4, -0.2) is 43.3 Å². The van der Waals surface area contributed by atoms with Crippen LogP contribution < -0.4 is 9.47 Å². The summed E-state index contributed by atoms with van der Waals surface area (Å²) in [6.07, 6.45) is -1.93. The van der Waals surface area contributed by atoms with Crippen molar-refractivity contribution in [2.45, 2.75) is 44.6 Å². The molecule has 0 aliphatic heterocycles. The number of alkyl halides is 3. The van der Waals surface area contributed by atoms with Gasteiger partial charge in [0, 0.05) is 0 Å². The van der Waals surface area contributed by atoms with Gasteiger partial charge < -0.3 is 14.2 Å². The summed E-state index contributed by atoms with van der Waals surface area (Å²) in [7, 11) is -4.31. The largest absolute Gasteiger partial charge is 0.573 e. The number of benzene rings is 1. The number of carbonyl (C=O) groups excluding carboxylic acids is 1. The van der Waals surface area contributed by atoms with Gasteiger partial charge >= 0.3 is 12.3 Å². The van der Waals surface area contributed by atoms with Crippen molar-refractivity contribution in [1.82, 2.24) is 0 Å². The molecule has 0 spiro atoms. The molecule has 2 rings (SSSR count). The van der Waals surface area contributed by atoms with E-state index in [9.17, 15) is 26.4 Å². The van der Waals surface area contributed by atoms with Gasteiger partial charge in [0.2, 0.25) is 0 Å². The zero-order valence-corrected chi connectivity index (χ0v) is 15.2. The molecule has 1 aromatic rings. The predicted molar refractivity (Wildman–Crippen MR) is 87.3 cm³/mol. The number of hydrogen-bond donors (Lipinski definition) is 1. The predicted octanol–water partition coefficient (Wildman–Crippen LogP) is 3.34. The lowest BCUT2D eigenvalue weighted by Crippen LogP contribution is -2.29. The minimum atomic E-state index is -4.94. The van der Waals surface area contributed by atoms with Crippen molar-refractivity contribution < 1.29 is 45.1 Å². The van der Waals surface area contributed by atoms with Crippen LogP contribution in [0.5, 0.6) is 11.5 Å². The van der Waals surface area contributed by atoms with E-state index in [2.05, 4.69) is 4.74 Å². The summed E-state index contributed by atoms with van der Waals surface area (Å²) in [6.45, 7) is 1.15. The Balaban J connectivity index is 2.21. The number of ether oxygens (including phenoxy) is 3. The Morgan fingerprint density at radius 3 is 2.41 bits per heavy atom. The van der Waals surface area contributed by atoms with Gasteiger partial charge in [0.1, 0.15) is 18.0 Å². The zero-order valence-electron chi connectivity index (χ0n) is 14.4. The van der Waals surface area contributed by atoms with Crippen LogP contribution in [-0.2, 0) is 14.9 Å². The summed E-state index contributed by atoms with van der Waals surface area (Å²) >= 11 is 0. The second-order valence-electron chi connectivity index (χ2n) is 6.39. The summed E-state index contributed by atoms with van der Waals surface area (Å²) in [4.78, 5) is 12.0. The van der Waals surface area contributed by atoms with E-state index in [-0.39, 0.29) is 11.3 Å². The van der Waals surface area contributed by atoms with Gasteiger partial charge in [-0.1, -0.05) is 0 Å². The normalized spacial score (nSPS) is 16.8. The standard InChI is InChI=1S/C16H19F3O7S/c1-15(6-2-3-7-15)25-13-10-11(4-5-12(13)26-16(17,18)19)14(20)24-8-9-27(21,22)23/h4-5,10H,2-3,6-9H2,1H3,(H,21,22,23). The SMILES string of the molecule is CC1(Oc2cc(C(=O)OCCS(=O)(=O)O)ccc2OC(F)(F)F)CCCC1. The van der Waals surface area contributed by atoms with E-state index in [1.54, 1.807) is 6.92 Å². The van der Waals surface area contributed by atoms with E-state index in [1.165, 1.54) is 0 Å². The molecule has 11 heteroatoms. The molecule has 1 aliphatic rings. The van der Waals surface area contributed by atoms with Crippen LogP contribution in [0.15, 0.2) is 18.2 Å². The molecule has 1 N–H and O–H groups in total. The highest BCUT2D eigenvalue weighted by atomic mass is 32.2. The maximum absolute atomic E-state index is 12.6. The smallest absolute Gasteiger partial charge is 0.484 e. The first-order valence-corrected chi connectivity index (χ1v) is 9.69. The third-order valence-electron chi connectivity index (χ3n) is 4.00. The van der Waals surface area contributed by atoms with Crippen molar-refractivity contribution in [2.24, 2.45) is 0 Å². The molecule has 0 bridgehead atoms. The molecule has 1 aromatic carbocycles. The highest BCUT2D eigenvalue weighted by Crippen LogP contribution is 2.40. The Morgan fingerprint density at radius 2 is 1.85 bits per heavy atom. The molecule has 0 radical (unpaired) electrons. The Morgan fingerprint density at radius 1 is 1.22 bits per heavy atom. The molecule has 7 nitrogen and oxygen atoms in total. The minimum Gasteiger partial charge on any atom is -0.484 e. The first-order valence-electron chi connectivity index (χ1n) is 8.08. The van der Waals surface area contributed by atoms with E-state index in [0.717, 1.165) is 31.0 Å². The van der Waals surface area contributed by atoms with Crippen LogP contribution in [0.25, 0.3) is 0 Å². The van der Waals surface area contributed by atoms with Crippen molar-refractivity contribution in [3.05, 3.63) is 23.8 Å². The summed E-state index contributed by atoms with van der Waals surface area (Å²) in [6, 6.07) is 3.03. The number of esters is 1. The summed E-state index contributed by atoms with van der Waals surface area (Å²) in [5.74, 6) is -2.63. The third-order valence-corrected chi connectivity index (χ3v) is 4.68. The van der Waals surface area contributed by atoms with Crippen molar-refractivity contribution in [2.75, 3.05) is 12.4 Å². The van der Waals surface area contributed by atoms with Crippen LogP contribution in [0, 0.1) is 0 Å². The summed E-state index contributed by atoms with van der Waals surface area (Å²) in [5.41, 5.74) is -0.825. The molecule has 1 fully saturated rings. The Hall–Kier alpha value is -2.01. The topological polar surface area (TPSA) is 99.1 Å². The first-order chi connectivity index (χ1) is 12.4. The van der Waals surface area contributed by atoms with Crippen molar-refractivity contribution >= 4 is 16.1 Å². The average molecular weight is 412 g/mol. The highest BCUT2D eigenvalue weighted by molar-refractivity contribution is 7.85. The number of rotatable bonds is 7. The second kappa shape index (κ2) is 7.93. The van der Waals surface area contributed by atoms with Gasteiger partial charge in [0.25, 0.3) is 10.1 Å². The molecule has 152 valence electrons. The van der Waals surface area contributed by atoms with Crippen LogP contribution >= 0.6 is 0 Å². The monoisotopic (exact) mass is 412 g/mol. The molecule has 1 aliphatic carbocycles. The van der Waals surface area contributed by atoms with Crippen LogP contribution in [0.1, 0.15) is 43.0 Å². The van der Waals surface area contributed by atoms with Crippen LogP contribution in [0.4, 0.5) is 13.2 Å². The maximum Gasteiger partial charge on any atom is 0.573 e.